The Morgan fingerprint density at radius 3 is 2.73 bits per heavy atom. The van der Waals surface area contributed by atoms with Crippen molar-refractivity contribution in [1.82, 2.24) is 9.88 Å². The third-order valence-corrected chi connectivity index (χ3v) is 10.9. The molecule has 3 aromatic rings. The number of hydrogen-bond acceptors (Lipinski definition) is 6. The Labute approximate surface area is 267 Å². The molecular formula is C37H46ClN3O3. The molecule has 6 nitrogen and oxygen atoms in total. The fraction of sp³-hybridized carbons (Fsp3) is 0.514. The van der Waals surface area contributed by atoms with Crippen molar-refractivity contribution in [2.45, 2.75) is 96.2 Å². The van der Waals surface area contributed by atoms with Gasteiger partial charge in [-0.1, -0.05) is 55.3 Å². The van der Waals surface area contributed by atoms with Gasteiger partial charge in [0.2, 0.25) is 0 Å². The zero-order chi connectivity index (χ0) is 31.1. The van der Waals surface area contributed by atoms with Gasteiger partial charge in [0.25, 0.3) is 0 Å². The van der Waals surface area contributed by atoms with Gasteiger partial charge in [0.15, 0.2) is 0 Å². The van der Waals surface area contributed by atoms with Gasteiger partial charge < -0.3 is 14.8 Å². The van der Waals surface area contributed by atoms with Crippen LogP contribution in [0.25, 0.3) is 0 Å². The summed E-state index contributed by atoms with van der Waals surface area (Å²) in [7, 11) is 1.49. The van der Waals surface area contributed by atoms with Gasteiger partial charge in [-0.3, -0.25) is 9.88 Å². The van der Waals surface area contributed by atoms with Crippen LogP contribution in [0.3, 0.4) is 0 Å². The highest BCUT2D eigenvalue weighted by Crippen LogP contribution is 2.52. The zero-order valence-electron chi connectivity index (χ0n) is 26.8. The molecule has 6 rings (SSSR count). The molecular weight excluding hydrogens is 570 g/mol. The van der Waals surface area contributed by atoms with Crippen LogP contribution in [0, 0.1) is 19.8 Å². The molecule has 2 heterocycles. The van der Waals surface area contributed by atoms with Crippen LogP contribution in [0.2, 0.25) is 5.02 Å². The van der Waals surface area contributed by atoms with Crippen LogP contribution in [0.15, 0.2) is 48.7 Å². The van der Waals surface area contributed by atoms with Crippen LogP contribution >= 0.6 is 11.6 Å². The summed E-state index contributed by atoms with van der Waals surface area (Å²) in [5, 5.41) is 4.30. The molecule has 1 spiro atoms. The minimum Gasteiger partial charge on any atom is -0.493 e. The van der Waals surface area contributed by atoms with E-state index in [9.17, 15) is 4.79 Å². The normalized spacial score (nSPS) is 25.3. The van der Waals surface area contributed by atoms with Crippen molar-refractivity contribution in [3.05, 3.63) is 87.2 Å². The molecule has 1 aliphatic heterocycles. The number of nitrogens with one attached hydrogen (secondary N) is 1. The van der Waals surface area contributed by atoms with Gasteiger partial charge in [-0.05, 0) is 99.6 Å². The van der Waals surface area contributed by atoms with Gasteiger partial charge in [-0.2, -0.15) is 0 Å². The highest BCUT2D eigenvalue weighted by atomic mass is 35.5. The molecule has 0 unspecified atom stereocenters. The van der Waals surface area contributed by atoms with E-state index in [2.05, 4.69) is 54.2 Å². The molecule has 0 saturated heterocycles. The lowest BCUT2D eigenvalue weighted by Gasteiger charge is -2.49. The molecule has 7 heteroatoms. The van der Waals surface area contributed by atoms with Crippen molar-refractivity contribution in [1.29, 1.82) is 0 Å². The van der Waals surface area contributed by atoms with Gasteiger partial charge in [0.05, 0.1) is 13.7 Å². The summed E-state index contributed by atoms with van der Waals surface area (Å²) in [6.07, 6.45) is 8.38. The Morgan fingerprint density at radius 2 is 1.95 bits per heavy atom. The number of benzene rings is 2. The summed E-state index contributed by atoms with van der Waals surface area (Å²) in [5.74, 6) is 1.60. The number of hydrogen-bond donors (Lipinski definition) is 1. The number of anilines is 1. The number of carbonyl (C=O) groups excluding carboxylic acids is 1. The maximum absolute atomic E-state index is 13.4. The van der Waals surface area contributed by atoms with E-state index in [1.54, 1.807) is 0 Å². The zero-order valence-corrected chi connectivity index (χ0v) is 27.6. The third-order valence-electron chi connectivity index (χ3n) is 10.5. The Morgan fingerprint density at radius 1 is 1.16 bits per heavy atom. The molecule has 3 aliphatic rings. The maximum Gasteiger partial charge on any atom is 0.331 e. The van der Waals surface area contributed by atoms with Crippen molar-refractivity contribution in [3.63, 3.8) is 0 Å². The Kier molecular flexibility index (Phi) is 8.69. The van der Waals surface area contributed by atoms with E-state index < -0.39 is 5.54 Å². The van der Waals surface area contributed by atoms with Gasteiger partial charge >= 0.3 is 5.97 Å². The van der Waals surface area contributed by atoms with E-state index in [4.69, 9.17) is 21.1 Å². The predicted molar refractivity (Wildman–Crippen MR) is 177 cm³/mol. The van der Waals surface area contributed by atoms with Crippen LogP contribution in [0.1, 0.15) is 91.8 Å². The lowest BCUT2D eigenvalue weighted by Crippen LogP contribution is -2.56. The number of esters is 1. The van der Waals surface area contributed by atoms with Gasteiger partial charge in [-0.25, -0.2) is 4.79 Å². The molecule has 2 aromatic carbocycles. The quantitative estimate of drug-likeness (QED) is 0.258. The highest BCUT2D eigenvalue weighted by molar-refractivity contribution is 6.31. The molecule has 1 fully saturated rings. The van der Waals surface area contributed by atoms with Crippen LogP contribution in [0.5, 0.6) is 5.75 Å². The van der Waals surface area contributed by atoms with E-state index in [0.29, 0.717) is 36.3 Å². The fourth-order valence-corrected chi connectivity index (χ4v) is 8.23. The van der Waals surface area contributed by atoms with Crippen molar-refractivity contribution >= 4 is 23.3 Å². The van der Waals surface area contributed by atoms with E-state index in [0.717, 1.165) is 49.4 Å². The minimum absolute atomic E-state index is 0.135. The van der Waals surface area contributed by atoms with Crippen LogP contribution in [-0.2, 0) is 28.0 Å². The van der Waals surface area contributed by atoms with Gasteiger partial charge in [-0.15, -0.1) is 0 Å². The average Bonchev–Trinajstić information content (AvgIpc) is 3.30. The standard InChI is InChI=1S/C37H46ClN3O3/c1-24-12-13-29-28(20-24)22-41(21-25(2)23-44-33-14-19-39-32-11-6-8-26(3)34(32)33)37(29)17-15-36(16-18-37,35(42)43-5)40-31-10-7-9-30(38)27(31)4/h7,9-10,12-14,19-20,25-26,40H,6,8,11,15-18,21-23H2,1-5H3/t25-,26-,36?,37?/m1/s1. The summed E-state index contributed by atoms with van der Waals surface area (Å²) in [6, 6.07) is 14.8. The topological polar surface area (TPSA) is 63.7 Å². The summed E-state index contributed by atoms with van der Waals surface area (Å²) in [5.41, 5.74) is 7.49. The first-order chi connectivity index (χ1) is 21.2. The number of aromatic nitrogens is 1. The average molecular weight is 616 g/mol. The summed E-state index contributed by atoms with van der Waals surface area (Å²) >= 11 is 6.46. The molecule has 0 amide bonds. The number of ether oxygens (including phenoxy) is 2. The van der Waals surface area contributed by atoms with Crippen molar-refractivity contribution in [3.8, 4) is 5.75 Å². The number of halogens is 1. The van der Waals surface area contributed by atoms with Crippen LogP contribution < -0.4 is 10.1 Å². The first kappa shape index (κ1) is 30.9. The Hall–Kier alpha value is -3.09. The van der Waals surface area contributed by atoms with E-state index in [1.165, 1.54) is 47.9 Å². The first-order valence-electron chi connectivity index (χ1n) is 16.2. The predicted octanol–water partition coefficient (Wildman–Crippen LogP) is 8.12. The molecule has 1 N–H and O–H groups in total. The van der Waals surface area contributed by atoms with Crippen LogP contribution in [0.4, 0.5) is 5.69 Å². The van der Waals surface area contributed by atoms with Gasteiger partial charge in [0, 0.05) is 52.7 Å². The lowest BCUT2D eigenvalue weighted by molar-refractivity contribution is -0.148. The largest absolute Gasteiger partial charge is 0.493 e. The number of nitrogens with zero attached hydrogens (tertiary/aromatic N) is 2. The monoisotopic (exact) mass is 615 g/mol. The third kappa shape index (κ3) is 5.60. The molecule has 1 aromatic heterocycles. The Bertz CT molecular complexity index is 1530. The highest BCUT2D eigenvalue weighted by Gasteiger charge is 2.53. The van der Waals surface area contributed by atoms with Crippen molar-refractivity contribution < 1.29 is 14.3 Å². The molecule has 2 atom stereocenters. The SMILES string of the molecule is COC(=O)C1(Nc2cccc(Cl)c2C)CCC2(CC1)c1ccc(C)cc1CN2C[C@@H](C)COc1ccnc2c1[C@H](C)CCC2. The first-order valence-corrected chi connectivity index (χ1v) is 16.6. The van der Waals surface area contributed by atoms with E-state index in [1.807, 2.05) is 37.4 Å². The molecule has 0 radical (unpaired) electrons. The maximum atomic E-state index is 13.4. The summed E-state index contributed by atoms with van der Waals surface area (Å²) in [4.78, 5) is 20.8. The molecule has 2 aliphatic carbocycles. The molecule has 0 bridgehead atoms. The molecule has 44 heavy (non-hydrogen) atoms. The second-order valence-electron chi connectivity index (χ2n) is 13.6. The summed E-state index contributed by atoms with van der Waals surface area (Å²) in [6.45, 7) is 11.2. The molecule has 1 saturated carbocycles. The molecule has 234 valence electrons. The summed E-state index contributed by atoms with van der Waals surface area (Å²) < 4.78 is 12.0. The number of methoxy groups -OCH3 is 1. The smallest absolute Gasteiger partial charge is 0.331 e. The lowest BCUT2D eigenvalue weighted by atomic mass is 9.68. The van der Waals surface area contributed by atoms with Crippen molar-refractivity contribution in [2.24, 2.45) is 5.92 Å². The van der Waals surface area contributed by atoms with E-state index in [-0.39, 0.29) is 11.5 Å². The number of carbonyl (C=O) groups is 1. The van der Waals surface area contributed by atoms with Crippen LogP contribution in [-0.4, -0.2) is 41.7 Å². The number of pyridine rings is 1. The number of rotatable bonds is 8. The number of aryl methyl sites for hydroxylation is 2. The van der Waals surface area contributed by atoms with Gasteiger partial charge in [0.1, 0.15) is 11.3 Å². The Balaban J connectivity index is 1.23. The van der Waals surface area contributed by atoms with E-state index >= 15 is 0 Å². The number of fused-ring (bicyclic) bond motifs is 3. The van der Waals surface area contributed by atoms with Crippen molar-refractivity contribution in [2.75, 3.05) is 25.6 Å². The minimum atomic E-state index is -0.805. The second kappa shape index (κ2) is 12.4. The fourth-order valence-electron chi connectivity index (χ4n) is 8.06. The second-order valence-corrected chi connectivity index (χ2v) is 14.0.